The molecule has 2 atom stereocenters. The topological polar surface area (TPSA) is 93.2 Å². The summed E-state index contributed by atoms with van der Waals surface area (Å²) < 4.78 is 28.9. The highest BCUT2D eigenvalue weighted by atomic mass is 19.1. The van der Waals surface area contributed by atoms with Crippen LogP contribution in [0.3, 0.4) is 0 Å². The molecule has 0 saturated heterocycles. The highest BCUT2D eigenvalue weighted by molar-refractivity contribution is 5.57. The number of nitriles is 1. The number of halogens is 1. The Morgan fingerprint density at radius 2 is 2.22 bits per heavy atom. The summed E-state index contributed by atoms with van der Waals surface area (Å²) in [5.74, 6) is 0.580. The number of methoxy groups -OCH3 is 1. The average Bonchev–Trinajstić information content (AvgIpc) is 2.99. The number of hydrogen-bond donors (Lipinski definition) is 1. The number of ether oxygens (including phenoxy) is 2. The molecule has 1 N–H and O–H groups in total. The second kappa shape index (κ2) is 7.56. The molecule has 0 fully saturated rings. The number of anilines is 1. The molecule has 0 amide bonds. The molecule has 8 heteroatoms. The van der Waals surface area contributed by atoms with Gasteiger partial charge in [-0.15, -0.1) is 0 Å². The fourth-order valence-electron chi connectivity index (χ4n) is 1.86. The first-order chi connectivity index (χ1) is 11.0. The van der Waals surface area contributed by atoms with Gasteiger partial charge in [0, 0.05) is 13.2 Å². The molecule has 1 aromatic carbocycles. The molecular weight excluding hydrogens is 303 g/mol. The zero-order valence-electron chi connectivity index (χ0n) is 13.0. The van der Waals surface area contributed by atoms with Crippen molar-refractivity contribution in [2.45, 2.75) is 32.6 Å². The Labute approximate surface area is 133 Å². The van der Waals surface area contributed by atoms with E-state index in [0.717, 1.165) is 0 Å². The second-order valence-corrected chi connectivity index (χ2v) is 4.88. The maximum atomic E-state index is 13.4. The second-order valence-electron chi connectivity index (χ2n) is 4.88. The Kier molecular flexibility index (Phi) is 5.49. The van der Waals surface area contributed by atoms with E-state index in [9.17, 15) is 4.39 Å². The number of benzene rings is 1. The Morgan fingerprint density at radius 1 is 1.43 bits per heavy atom. The van der Waals surface area contributed by atoms with Crippen molar-refractivity contribution in [3.63, 3.8) is 0 Å². The van der Waals surface area contributed by atoms with Crippen molar-refractivity contribution in [3.8, 4) is 11.8 Å². The molecule has 0 spiro atoms. The van der Waals surface area contributed by atoms with Crippen molar-refractivity contribution < 1.29 is 18.4 Å². The molecule has 7 nitrogen and oxygen atoms in total. The fourth-order valence-corrected chi connectivity index (χ4v) is 1.86. The van der Waals surface area contributed by atoms with Crippen LogP contribution in [-0.4, -0.2) is 23.4 Å². The van der Waals surface area contributed by atoms with Gasteiger partial charge in [0.15, 0.2) is 11.9 Å². The average molecular weight is 320 g/mol. The summed E-state index contributed by atoms with van der Waals surface area (Å²) in [6.07, 6.45) is -0.704. The lowest BCUT2D eigenvalue weighted by molar-refractivity contribution is 0.174. The van der Waals surface area contributed by atoms with Crippen molar-refractivity contribution in [1.29, 1.82) is 5.26 Å². The van der Waals surface area contributed by atoms with Gasteiger partial charge in [-0.25, -0.2) is 4.39 Å². The molecule has 2 unspecified atom stereocenters. The van der Waals surface area contributed by atoms with Gasteiger partial charge in [0.1, 0.15) is 30.3 Å². The Bertz CT molecular complexity index is 698. The molecular formula is C15H17FN4O3. The number of nitrogens with zero attached hydrogens (tertiary/aromatic N) is 3. The van der Waals surface area contributed by atoms with Crippen LogP contribution < -0.4 is 10.1 Å². The smallest absolute Gasteiger partial charge is 0.248 e. The number of aromatic nitrogens is 2. The van der Waals surface area contributed by atoms with E-state index in [0.29, 0.717) is 17.4 Å². The summed E-state index contributed by atoms with van der Waals surface area (Å²) >= 11 is 0. The molecule has 0 aliphatic heterocycles. The first kappa shape index (κ1) is 16.7. The van der Waals surface area contributed by atoms with Gasteiger partial charge in [-0.3, -0.25) is 0 Å². The molecule has 2 aromatic rings. The van der Waals surface area contributed by atoms with E-state index in [1.165, 1.54) is 25.3 Å². The van der Waals surface area contributed by atoms with Crippen LogP contribution >= 0.6 is 0 Å². The number of nitrogens with one attached hydrogen (secondary N) is 1. The minimum atomic E-state index is -0.704. The Hall–Kier alpha value is -2.66. The van der Waals surface area contributed by atoms with E-state index in [4.69, 9.17) is 19.3 Å². The summed E-state index contributed by atoms with van der Waals surface area (Å²) in [5, 5.41) is 15.7. The normalized spacial score (nSPS) is 13.2. The third-order valence-corrected chi connectivity index (χ3v) is 2.93. The first-order valence-corrected chi connectivity index (χ1v) is 6.97. The number of hydrogen-bond acceptors (Lipinski definition) is 7. The van der Waals surface area contributed by atoms with Crippen LogP contribution in [0.5, 0.6) is 5.75 Å². The van der Waals surface area contributed by atoms with Gasteiger partial charge in [0.2, 0.25) is 5.89 Å². The van der Waals surface area contributed by atoms with Crippen molar-refractivity contribution in [2.75, 3.05) is 12.4 Å². The highest BCUT2D eigenvalue weighted by Crippen LogP contribution is 2.29. The highest BCUT2D eigenvalue weighted by Gasteiger charge is 2.17. The van der Waals surface area contributed by atoms with Crippen LogP contribution in [0.2, 0.25) is 0 Å². The predicted octanol–water partition coefficient (Wildman–Crippen LogP) is 2.82. The van der Waals surface area contributed by atoms with Crippen LogP contribution in [0, 0.1) is 17.1 Å². The zero-order chi connectivity index (χ0) is 16.8. The van der Waals surface area contributed by atoms with Gasteiger partial charge >= 0.3 is 0 Å². The Morgan fingerprint density at radius 3 is 2.91 bits per heavy atom. The first-order valence-electron chi connectivity index (χ1n) is 6.97. The molecule has 2 rings (SSSR count). The summed E-state index contributed by atoms with van der Waals surface area (Å²) in [7, 11) is 1.54. The SMILES string of the molecule is COCc1noc(C(C)Nc2ccc(F)cc2OC(C)C#N)n1. The summed E-state index contributed by atoms with van der Waals surface area (Å²) in [6, 6.07) is 5.64. The molecule has 122 valence electrons. The van der Waals surface area contributed by atoms with E-state index in [-0.39, 0.29) is 18.4 Å². The van der Waals surface area contributed by atoms with E-state index in [1.807, 2.05) is 13.0 Å². The van der Waals surface area contributed by atoms with Gasteiger partial charge < -0.3 is 19.3 Å². The lowest BCUT2D eigenvalue weighted by Gasteiger charge is -2.17. The van der Waals surface area contributed by atoms with E-state index >= 15 is 0 Å². The van der Waals surface area contributed by atoms with Crippen LogP contribution in [-0.2, 0) is 11.3 Å². The van der Waals surface area contributed by atoms with Crippen molar-refractivity contribution in [2.24, 2.45) is 0 Å². The lowest BCUT2D eigenvalue weighted by Crippen LogP contribution is -2.13. The predicted molar refractivity (Wildman–Crippen MR) is 79.2 cm³/mol. The molecule has 0 aliphatic carbocycles. The van der Waals surface area contributed by atoms with Crippen LogP contribution in [0.15, 0.2) is 22.7 Å². The van der Waals surface area contributed by atoms with Crippen LogP contribution in [0.1, 0.15) is 31.6 Å². The lowest BCUT2D eigenvalue weighted by atomic mass is 10.2. The molecule has 1 heterocycles. The molecule has 1 aromatic heterocycles. The van der Waals surface area contributed by atoms with E-state index < -0.39 is 11.9 Å². The Balaban J connectivity index is 2.16. The quantitative estimate of drug-likeness (QED) is 0.838. The summed E-state index contributed by atoms with van der Waals surface area (Å²) in [4.78, 5) is 4.19. The summed E-state index contributed by atoms with van der Waals surface area (Å²) in [5.41, 5.74) is 0.521. The van der Waals surface area contributed by atoms with Crippen molar-refractivity contribution in [1.82, 2.24) is 10.1 Å². The van der Waals surface area contributed by atoms with E-state index in [1.54, 1.807) is 6.92 Å². The van der Waals surface area contributed by atoms with Crippen molar-refractivity contribution in [3.05, 3.63) is 35.7 Å². The third-order valence-electron chi connectivity index (χ3n) is 2.93. The zero-order valence-corrected chi connectivity index (χ0v) is 13.0. The molecule has 23 heavy (non-hydrogen) atoms. The fraction of sp³-hybridized carbons (Fsp3) is 0.400. The van der Waals surface area contributed by atoms with Crippen LogP contribution in [0.4, 0.5) is 10.1 Å². The van der Waals surface area contributed by atoms with Gasteiger partial charge in [0.05, 0.1) is 5.69 Å². The molecule has 0 radical (unpaired) electrons. The van der Waals surface area contributed by atoms with Gasteiger partial charge in [-0.05, 0) is 26.0 Å². The maximum Gasteiger partial charge on any atom is 0.248 e. The van der Waals surface area contributed by atoms with Gasteiger partial charge in [-0.1, -0.05) is 5.16 Å². The number of rotatable bonds is 7. The third kappa shape index (κ3) is 4.40. The summed E-state index contributed by atoms with van der Waals surface area (Å²) in [6.45, 7) is 3.64. The monoisotopic (exact) mass is 320 g/mol. The molecule has 0 aliphatic rings. The van der Waals surface area contributed by atoms with Crippen LogP contribution in [0.25, 0.3) is 0 Å². The van der Waals surface area contributed by atoms with Gasteiger partial charge in [0.25, 0.3) is 0 Å². The van der Waals surface area contributed by atoms with Gasteiger partial charge in [-0.2, -0.15) is 10.2 Å². The maximum absolute atomic E-state index is 13.4. The molecule has 0 bridgehead atoms. The minimum absolute atomic E-state index is 0.238. The standard InChI is InChI=1S/C15H17FN4O3/c1-9(7-17)22-13-6-11(16)4-5-12(13)18-10(2)15-19-14(8-21-3)20-23-15/h4-6,9-10,18H,8H2,1-3H3. The largest absolute Gasteiger partial charge is 0.474 e. The van der Waals surface area contributed by atoms with Crippen molar-refractivity contribution >= 4 is 5.69 Å². The molecule has 0 saturated carbocycles. The minimum Gasteiger partial charge on any atom is -0.474 e. The van der Waals surface area contributed by atoms with E-state index in [2.05, 4.69) is 15.5 Å².